The molecule has 1 aromatic heterocycles. The third kappa shape index (κ3) is 3.02. The van der Waals surface area contributed by atoms with Crippen LogP contribution in [0.5, 0.6) is 0 Å². The predicted molar refractivity (Wildman–Crippen MR) is 99.1 cm³/mol. The largest absolute Gasteiger partial charge is 0.371 e. The van der Waals surface area contributed by atoms with E-state index in [1.54, 1.807) is 0 Å². The van der Waals surface area contributed by atoms with Crippen LogP contribution in [0.15, 0.2) is 48.5 Å². The van der Waals surface area contributed by atoms with Crippen molar-refractivity contribution in [3.63, 3.8) is 0 Å². The highest BCUT2D eigenvalue weighted by Crippen LogP contribution is 2.23. The number of ether oxygens (including phenoxy) is 1. The molecule has 2 aromatic carbocycles. The number of hydrogen-bond donors (Lipinski definition) is 2. The second-order valence-corrected chi connectivity index (χ2v) is 6.62. The molecule has 2 heterocycles. The van der Waals surface area contributed by atoms with Gasteiger partial charge < -0.3 is 15.0 Å². The summed E-state index contributed by atoms with van der Waals surface area (Å²) in [5.41, 5.74) is 4.41. The number of amides is 1. The summed E-state index contributed by atoms with van der Waals surface area (Å²) in [5.74, 6) is -1.11. The quantitative estimate of drug-likeness (QED) is 0.562. The van der Waals surface area contributed by atoms with Gasteiger partial charge in [0.25, 0.3) is 11.7 Å². The van der Waals surface area contributed by atoms with E-state index in [4.69, 9.17) is 4.74 Å². The van der Waals surface area contributed by atoms with Crippen molar-refractivity contribution in [3.05, 3.63) is 70.9 Å². The Balaban J connectivity index is 1.44. The van der Waals surface area contributed by atoms with E-state index in [2.05, 4.69) is 16.4 Å². The van der Waals surface area contributed by atoms with Gasteiger partial charge in [-0.3, -0.25) is 9.59 Å². The maximum Gasteiger partial charge on any atom is 0.292 e. The molecule has 2 N–H and O–H groups in total. The van der Waals surface area contributed by atoms with Gasteiger partial charge in [0.2, 0.25) is 0 Å². The zero-order valence-electron chi connectivity index (χ0n) is 14.5. The van der Waals surface area contributed by atoms with Gasteiger partial charge in [-0.1, -0.05) is 42.5 Å². The highest BCUT2D eigenvalue weighted by molar-refractivity contribution is 6.45. The SMILES string of the molecule is Cc1[nH]c2ccccc2c1C(=O)C(=O)NCC1Cc2ccccc2CO1. The third-order valence-electron chi connectivity index (χ3n) is 4.86. The lowest BCUT2D eigenvalue weighted by Crippen LogP contribution is -2.39. The molecular weight excluding hydrogens is 328 g/mol. The van der Waals surface area contributed by atoms with Gasteiger partial charge in [0.05, 0.1) is 18.3 Å². The van der Waals surface area contributed by atoms with Crippen molar-refractivity contribution in [2.24, 2.45) is 0 Å². The fraction of sp³-hybridized carbons (Fsp3) is 0.238. The molecule has 5 nitrogen and oxygen atoms in total. The van der Waals surface area contributed by atoms with Crippen LogP contribution in [0.25, 0.3) is 10.9 Å². The first-order valence-electron chi connectivity index (χ1n) is 8.71. The molecule has 0 fully saturated rings. The van der Waals surface area contributed by atoms with Crippen LogP contribution in [0.4, 0.5) is 0 Å². The van der Waals surface area contributed by atoms with Gasteiger partial charge in [0, 0.05) is 29.6 Å². The van der Waals surface area contributed by atoms with Gasteiger partial charge in [-0.25, -0.2) is 0 Å². The molecule has 0 bridgehead atoms. The molecule has 0 saturated carbocycles. The number of Topliss-reactive ketones (excluding diaryl/α,β-unsaturated/α-hetero) is 1. The van der Waals surface area contributed by atoms with Crippen LogP contribution in [0.1, 0.15) is 27.2 Å². The number of aryl methyl sites for hydroxylation is 1. The number of H-pyrrole nitrogens is 1. The average molecular weight is 348 g/mol. The lowest BCUT2D eigenvalue weighted by Gasteiger charge is -2.25. The number of aromatic amines is 1. The van der Waals surface area contributed by atoms with Gasteiger partial charge in [0.1, 0.15) is 0 Å². The average Bonchev–Trinajstić information content (AvgIpc) is 3.01. The first-order chi connectivity index (χ1) is 12.6. The molecule has 0 spiro atoms. The summed E-state index contributed by atoms with van der Waals surface area (Å²) in [6.07, 6.45) is 0.613. The first-order valence-corrected chi connectivity index (χ1v) is 8.71. The molecule has 1 unspecified atom stereocenters. The van der Waals surface area contributed by atoms with Gasteiger partial charge in [0.15, 0.2) is 0 Å². The van der Waals surface area contributed by atoms with E-state index in [9.17, 15) is 9.59 Å². The number of carbonyl (C=O) groups excluding carboxylic acids is 2. The number of para-hydroxylation sites is 1. The summed E-state index contributed by atoms with van der Waals surface area (Å²) in [6, 6.07) is 15.6. The molecule has 132 valence electrons. The number of rotatable bonds is 4. The Morgan fingerprint density at radius 2 is 1.85 bits per heavy atom. The van der Waals surface area contributed by atoms with E-state index in [0.29, 0.717) is 24.4 Å². The Bertz CT molecular complexity index is 990. The van der Waals surface area contributed by atoms with Crippen molar-refractivity contribution < 1.29 is 14.3 Å². The number of aromatic nitrogens is 1. The number of fused-ring (bicyclic) bond motifs is 2. The Morgan fingerprint density at radius 3 is 2.69 bits per heavy atom. The van der Waals surface area contributed by atoms with Gasteiger partial charge in [-0.05, 0) is 24.1 Å². The van der Waals surface area contributed by atoms with Crippen molar-refractivity contribution >= 4 is 22.6 Å². The monoisotopic (exact) mass is 348 g/mol. The summed E-state index contributed by atoms with van der Waals surface area (Å²) < 4.78 is 5.79. The summed E-state index contributed by atoms with van der Waals surface area (Å²) in [6.45, 7) is 2.66. The van der Waals surface area contributed by atoms with Crippen LogP contribution < -0.4 is 5.32 Å². The molecule has 1 aliphatic rings. The predicted octanol–water partition coefficient (Wildman–Crippen LogP) is 2.92. The molecule has 0 saturated heterocycles. The number of carbonyl (C=O) groups is 2. The fourth-order valence-corrected chi connectivity index (χ4v) is 3.51. The Hall–Kier alpha value is -2.92. The zero-order chi connectivity index (χ0) is 18.1. The van der Waals surface area contributed by atoms with Gasteiger partial charge in [-0.15, -0.1) is 0 Å². The van der Waals surface area contributed by atoms with Crippen LogP contribution in [0, 0.1) is 6.92 Å². The Morgan fingerprint density at radius 1 is 1.12 bits per heavy atom. The van der Waals surface area contributed by atoms with E-state index in [1.807, 2.05) is 49.4 Å². The fourth-order valence-electron chi connectivity index (χ4n) is 3.51. The molecule has 5 heteroatoms. The van der Waals surface area contributed by atoms with Crippen molar-refractivity contribution in [1.82, 2.24) is 10.3 Å². The Kier molecular flexibility index (Phi) is 4.31. The highest BCUT2D eigenvalue weighted by Gasteiger charge is 2.24. The van der Waals surface area contributed by atoms with Crippen LogP contribution in [-0.4, -0.2) is 29.3 Å². The molecule has 3 aromatic rings. The van der Waals surface area contributed by atoms with Crippen LogP contribution in [0.3, 0.4) is 0 Å². The molecule has 1 atom stereocenters. The van der Waals surface area contributed by atoms with Crippen molar-refractivity contribution in [2.75, 3.05) is 6.54 Å². The van der Waals surface area contributed by atoms with E-state index in [1.165, 1.54) is 11.1 Å². The molecule has 0 radical (unpaired) electrons. The summed E-state index contributed by atoms with van der Waals surface area (Å²) >= 11 is 0. The minimum atomic E-state index is -0.597. The minimum Gasteiger partial charge on any atom is -0.371 e. The molecule has 1 aliphatic heterocycles. The summed E-state index contributed by atoms with van der Waals surface area (Å²) in [7, 11) is 0. The molecular formula is C21H20N2O3. The zero-order valence-corrected chi connectivity index (χ0v) is 14.5. The molecule has 4 rings (SSSR count). The maximum atomic E-state index is 12.6. The van der Waals surface area contributed by atoms with E-state index >= 15 is 0 Å². The van der Waals surface area contributed by atoms with Crippen molar-refractivity contribution in [3.8, 4) is 0 Å². The van der Waals surface area contributed by atoms with E-state index in [-0.39, 0.29) is 6.10 Å². The van der Waals surface area contributed by atoms with Crippen molar-refractivity contribution in [2.45, 2.75) is 26.1 Å². The first kappa shape index (κ1) is 16.5. The maximum absolute atomic E-state index is 12.6. The Labute approximate surface area is 151 Å². The summed E-state index contributed by atoms with van der Waals surface area (Å²) in [4.78, 5) is 28.2. The van der Waals surface area contributed by atoms with Crippen LogP contribution >= 0.6 is 0 Å². The number of hydrogen-bond acceptors (Lipinski definition) is 3. The van der Waals surface area contributed by atoms with Crippen molar-refractivity contribution in [1.29, 1.82) is 0 Å². The molecule has 1 amide bonds. The lowest BCUT2D eigenvalue weighted by atomic mass is 9.99. The van der Waals surface area contributed by atoms with Gasteiger partial charge >= 0.3 is 0 Å². The molecule has 26 heavy (non-hydrogen) atoms. The number of nitrogens with one attached hydrogen (secondary N) is 2. The smallest absolute Gasteiger partial charge is 0.292 e. The second-order valence-electron chi connectivity index (χ2n) is 6.62. The number of ketones is 1. The normalized spacial score (nSPS) is 16.3. The second kappa shape index (κ2) is 6.77. The lowest BCUT2D eigenvalue weighted by molar-refractivity contribution is -0.117. The van der Waals surface area contributed by atoms with E-state index < -0.39 is 11.7 Å². The summed E-state index contributed by atoms with van der Waals surface area (Å²) in [5, 5.41) is 3.51. The highest BCUT2D eigenvalue weighted by atomic mass is 16.5. The molecule has 0 aliphatic carbocycles. The van der Waals surface area contributed by atoms with E-state index in [0.717, 1.165) is 17.3 Å². The number of benzene rings is 2. The topological polar surface area (TPSA) is 71.2 Å². The minimum absolute atomic E-state index is 0.120. The van der Waals surface area contributed by atoms with Crippen LogP contribution in [0.2, 0.25) is 0 Å². The van der Waals surface area contributed by atoms with Gasteiger partial charge in [-0.2, -0.15) is 0 Å². The van der Waals surface area contributed by atoms with Crippen LogP contribution in [-0.2, 0) is 22.6 Å². The third-order valence-corrected chi connectivity index (χ3v) is 4.86. The standard InChI is InChI=1S/C21H20N2O3/c1-13-19(17-8-4-5-9-18(17)23-13)20(24)21(25)22-11-16-10-14-6-2-3-7-15(14)12-26-16/h2-9,16,23H,10-12H2,1H3,(H,22,25).